The van der Waals surface area contributed by atoms with Crippen LogP contribution in [0.15, 0.2) is 121 Å². The molecule has 0 saturated heterocycles. The average Bonchev–Trinajstić information content (AvgIpc) is 2.81. The third kappa shape index (κ3) is 3.10. The molecule has 1 atom stereocenters. The molecular weight excluding hydrogens is 407 g/mol. The van der Waals surface area contributed by atoms with E-state index in [2.05, 4.69) is 36.4 Å². The fourth-order valence-corrected chi connectivity index (χ4v) is 11.8. The molecule has 0 amide bonds. The molecule has 0 aliphatic rings. The number of Topliss-reactive ketones (excluding diaryl/α,β-unsaturated/α-hetero) is 1. The molecule has 1 unspecified atom stereocenters. The van der Waals surface area contributed by atoms with Crippen LogP contribution in [-0.4, -0.2) is 5.78 Å². The van der Waals surface area contributed by atoms with Gasteiger partial charge in [0.25, 0.3) is 0 Å². The second-order valence-corrected chi connectivity index (χ2v) is 13.8. The first kappa shape index (κ1) is 20.5. The van der Waals surface area contributed by atoms with Crippen LogP contribution in [0, 0.1) is 0 Å². The Labute approximate surface area is 183 Å². The number of hydrogen-bond acceptors (Lipinski definition) is 1. The monoisotopic (exact) mass is 430 g/mol. The second-order valence-electron chi connectivity index (χ2n) is 7.50. The molecule has 0 fully saturated rings. The van der Waals surface area contributed by atoms with Crippen molar-refractivity contribution < 1.29 is 4.79 Å². The van der Waals surface area contributed by atoms with E-state index in [1.165, 1.54) is 0 Å². The Morgan fingerprint density at radius 1 is 0.600 bits per heavy atom. The molecular formula is C27H24ClOP. The molecule has 4 aromatic carbocycles. The molecule has 1 nitrogen and oxygen atoms in total. The van der Waals surface area contributed by atoms with Gasteiger partial charge < -0.3 is 0 Å². The molecule has 4 rings (SSSR count). The molecule has 3 heteroatoms. The third-order valence-electron chi connectivity index (χ3n) is 5.77. The van der Waals surface area contributed by atoms with Crippen LogP contribution in [0.3, 0.4) is 0 Å². The van der Waals surface area contributed by atoms with E-state index in [1.54, 1.807) is 6.92 Å². The second kappa shape index (κ2) is 8.19. The zero-order valence-corrected chi connectivity index (χ0v) is 18.5. The summed E-state index contributed by atoms with van der Waals surface area (Å²) in [6.45, 7) is 1.66. The van der Waals surface area contributed by atoms with Gasteiger partial charge in [0.05, 0.1) is 0 Å². The summed E-state index contributed by atoms with van der Waals surface area (Å²) >= 11 is 8.18. The van der Waals surface area contributed by atoms with E-state index >= 15 is 0 Å². The van der Waals surface area contributed by atoms with Gasteiger partial charge >= 0.3 is 183 Å². The minimum atomic E-state index is -3.76. The summed E-state index contributed by atoms with van der Waals surface area (Å²) in [5.74, 6) is -3.70. The zero-order valence-electron chi connectivity index (χ0n) is 16.9. The Morgan fingerprint density at radius 2 is 0.900 bits per heavy atom. The Balaban J connectivity index is 2.24. The van der Waals surface area contributed by atoms with E-state index < -0.39 is 11.6 Å². The van der Waals surface area contributed by atoms with Gasteiger partial charge in [-0.3, -0.25) is 0 Å². The number of hydrogen-bond donors (Lipinski definition) is 0. The van der Waals surface area contributed by atoms with Crippen molar-refractivity contribution in [2.45, 2.75) is 12.6 Å². The molecule has 4 aromatic rings. The van der Waals surface area contributed by atoms with Gasteiger partial charge in [0.2, 0.25) is 0 Å². The molecule has 0 aromatic heterocycles. The van der Waals surface area contributed by atoms with Gasteiger partial charge in [-0.1, -0.05) is 0 Å². The summed E-state index contributed by atoms with van der Waals surface area (Å²) in [6, 6.07) is 40.4. The van der Waals surface area contributed by atoms with Crippen LogP contribution in [0.4, 0.5) is 0 Å². The number of halogens is 1. The number of rotatable bonds is 6. The van der Waals surface area contributed by atoms with Crippen molar-refractivity contribution in [1.29, 1.82) is 0 Å². The van der Waals surface area contributed by atoms with E-state index in [0.717, 1.165) is 21.5 Å². The standard InChI is InChI=1S/C27H24ClOP/c1-22(29)27(23-14-6-2-7-15-23)30(28,24-16-8-3-9-17-24,25-18-10-4-11-19-25)26-20-12-5-13-21-26/h2-21,27H,1H3. The van der Waals surface area contributed by atoms with E-state index in [1.807, 2.05) is 84.9 Å². The van der Waals surface area contributed by atoms with Crippen molar-refractivity contribution in [1.82, 2.24) is 0 Å². The van der Waals surface area contributed by atoms with Gasteiger partial charge in [0.1, 0.15) is 0 Å². The predicted molar refractivity (Wildman–Crippen MR) is 131 cm³/mol. The zero-order chi connectivity index (χ0) is 21.1. The quantitative estimate of drug-likeness (QED) is 0.343. The molecule has 0 aliphatic heterocycles. The molecule has 0 spiro atoms. The summed E-state index contributed by atoms with van der Waals surface area (Å²) in [4.78, 5) is 13.5. The molecule has 0 aliphatic carbocycles. The van der Waals surface area contributed by atoms with Gasteiger partial charge in [-0.15, -0.1) is 0 Å². The minimum absolute atomic E-state index is 0.0606. The first-order chi connectivity index (χ1) is 14.6. The van der Waals surface area contributed by atoms with Crippen LogP contribution < -0.4 is 15.9 Å². The Morgan fingerprint density at radius 3 is 1.20 bits per heavy atom. The van der Waals surface area contributed by atoms with Crippen molar-refractivity contribution in [3.8, 4) is 0 Å². The normalized spacial score (nSPS) is 13.7. The number of carbonyl (C=O) groups is 1. The van der Waals surface area contributed by atoms with Gasteiger partial charge in [-0.2, -0.15) is 0 Å². The van der Waals surface area contributed by atoms with Crippen molar-refractivity contribution in [2.75, 3.05) is 0 Å². The van der Waals surface area contributed by atoms with Crippen LogP contribution in [0.2, 0.25) is 0 Å². The predicted octanol–water partition coefficient (Wildman–Crippen LogP) is 6.00. The summed E-state index contributed by atoms with van der Waals surface area (Å²) in [6.07, 6.45) is 0. The van der Waals surface area contributed by atoms with Crippen LogP contribution >= 0.6 is 17.2 Å². The fourth-order valence-electron chi connectivity index (χ4n) is 4.54. The summed E-state index contributed by atoms with van der Waals surface area (Å²) < 4.78 is 0. The Bertz CT molecular complexity index is 1030. The SMILES string of the molecule is CC(=O)C(c1ccccc1)P(Cl)(c1ccccc1)(c1ccccc1)c1ccccc1. The number of ketones is 1. The number of benzene rings is 4. The van der Waals surface area contributed by atoms with E-state index in [9.17, 15) is 4.79 Å². The average molecular weight is 431 g/mol. The van der Waals surface area contributed by atoms with Crippen molar-refractivity contribution in [3.05, 3.63) is 127 Å². The van der Waals surface area contributed by atoms with E-state index in [4.69, 9.17) is 11.2 Å². The fraction of sp³-hybridized carbons (Fsp3) is 0.0741. The summed E-state index contributed by atoms with van der Waals surface area (Å²) in [5, 5.41) is 2.98. The van der Waals surface area contributed by atoms with Gasteiger partial charge in [0, 0.05) is 0 Å². The van der Waals surface area contributed by atoms with Crippen LogP contribution in [-0.2, 0) is 4.79 Å². The van der Waals surface area contributed by atoms with Crippen LogP contribution in [0.25, 0.3) is 0 Å². The van der Waals surface area contributed by atoms with Crippen LogP contribution in [0.5, 0.6) is 0 Å². The molecule has 0 heterocycles. The van der Waals surface area contributed by atoms with Gasteiger partial charge in [-0.05, 0) is 0 Å². The Kier molecular flexibility index (Phi) is 5.60. The first-order valence-electron chi connectivity index (χ1n) is 10.0. The first-order valence-corrected chi connectivity index (χ1v) is 13.2. The topological polar surface area (TPSA) is 17.1 Å². The maximum atomic E-state index is 13.5. The molecule has 0 N–H and O–H groups in total. The Hall–Kier alpha value is -2.73. The summed E-state index contributed by atoms with van der Waals surface area (Å²) in [5.41, 5.74) is 0.431. The summed E-state index contributed by atoms with van der Waals surface area (Å²) in [7, 11) is 0. The molecule has 0 bridgehead atoms. The van der Waals surface area contributed by atoms with E-state index in [-0.39, 0.29) is 5.78 Å². The number of carbonyl (C=O) groups excluding carboxylic acids is 1. The van der Waals surface area contributed by atoms with E-state index in [0.29, 0.717) is 0 Å². The van der Waals surface area contributed by atoms with Crippen molar-refractivity contribution in [2.24, 2.45) is 0 Å². The van der Waals surface area contributed by atoms with Crippen molar-refractivity contribution in [3.63, 3.8) is 0 Å². The molecule has 150 valence electrons. The molecule has 0 radical (unpaired) electrons. The molecule has 0 saturated carbocycles. The third-order valence-corrected chi connectivity index (χ3v) is 13.7. The molecule has 30 heavy (non-hydrogen) atoms. The van der Waals surface area contributed by atoms with Gasteiger partial charge in [-0.25, -0.2) is 0 Å². The van der Waals surface area contributed by atoms with Crippen LogP contribution in [0.1, 0.15) is 18.1 Å². The van der Waals surface area contributed by atoms with Gasteiger partial charge in [0.15, 0.2) is 0 Å². The maximum absolute atomic E-state index is 13.5. The van der Waals surface area contributed by atoms with Crippen molar-refractivity contribution >= 4 is 38.9 Å².